The van der Waals surface area contributed by atoms with Gasteiger partial charge in [-0.15, -0.1) is 0 Å². The summed E-state index contributed by atoms with van der Waals surface area (Å²) in [7, 11) is 0. The highest BCUT2D eigenvalue weighted by Crippen LogP contribution is 2.39. The first-order valence-electron chi connectivity index (χ1n) is 11.4. The third-order valence-electron chi connectivity index (χ3n) is 6.87. The van der Waals surface area contributed by atoms with Crippen molar-refractivity contribution in [3.8, 4) is 6.07 Å². The molecule has 5 rings (SSSR count). The molecule has 2 aromatic heterocycles. The van der Waals surface area contributed by atoms with Crippen LogP contribution in [0.3, 0.4) is 0 Å². The number of ether oxygens (including phenoxy) is 1. The summed E-state index contributed by atoms with van der Waals surface area (Å²) in [6.45, 7) is 3.71. The summed E-state index contributed by atoms with van der Waals surface area (Å²) in [6.07, 6.45) is 8.40. The molecule has 2 fully saturated rings. The van der Waals surface area contributed by atoms with E-state index < -0.39 is 0 Å². The lowest BCUT2D eigenvalue weighted by Crippen LogP contribution is -2.49. The van der Waals surface area contributed by atoms with Crippen molar-refractivity contribution in [2.45, 2.75) is 51.0 Å². The third-order valence-corrected chi connectivity index (χ3v) is 6.87. The van der Waals surface area contributed by atoms with Gasteiger partial charge >= 0.3 is 0 Å². The van der Waals surface area contributed by atoms with Gasteiger partial charge < -0.3 is 19.0 Å². The van der Waals surface area contributed by atoms with E-state index in [0.29, 0.717) is 56.6 Å². The van der Waals surface area contributed by atoms with E-state index in [1.54, 1.807) is 12.1 Å². The maximum atomic E-state index is 12.6. The molecule has 7 nitrogen and oxygen atoms in total. The Morgan fingerprint density at radius 2 is 1.94 bits per heavy atom. The highest BCUT2D eigenvalue weighted by molar-refractivity contribution is 5.91. The second kappa shape index (κ2) is 8.72. The average Bonchev–Trinajstić information content (AvgIpc) is 3.38. The van der Waals surface area contributed by atoms with Crippen LogP contribution in [0.25, 0.3) is 0 Å². The molecule has 162 valence electrons. The maximum absolute atomic E-state index is 12.6. The molecule has 3 aliphatic rings. The van der Waals surface area contributed by atoms with E-state index in [-0.39, 0.29) is 5.91 Å². The van der Waals surface area contributed by atoms with E-state index in [2.05, 4.69) is 11.0 Å². The molecule has 2 aliphatic heterocycles. The van der Waals surface area contributed by atoms with Crippen molar-refractivity contribution in [3.05, 3.63) is 46.5 Å². The monoisotopic (exact) mass is 420 g/mol. The van der Waals surface area contributed by atoms with Gasteiger partial charge in [-0.2, -0.15) is 5.26 Å². The van der Waals surface area contributed by atoms with Gasteiger partial charge in [0.05, 0.1) is 30.7 Å². The van der Waals surface area contributed by atoms with Gasteiger partial charge in [0.1, 0.15) is 11.9 Å². The number of amides is 1. The van der Waals surface area contributed by atoms with Crippen molar-refractivity contribution in [2.24, 2.45) is 0 Å². The van der Waals surface area contributed by atoms with Crippen LogP contribution in [0, 0.1) is 11.3 Å². The van der Waals surface area contributed by atoms with Crippen LogP contribution < -0.4 is 4.90 Å². The van der Waals surface area contributed by atoms with Crippen LogP contribution >= 0.6 is 0 Å². The zero-order chi connectivity index (χ0) is 21.2. The molecule has 1 aliphatic carbocycles. The molecule has 1 amide bonds. The molecule has 0 spiro atoms. The number of pyridine rings is 1. The van der Waals surface area contributed by atoms with Gasteiger partial charge in [0.15, 0.2) is 5.76 Å². The smallest absolute Gasteiger partial charge is 0.289 e. The number of aromatic nitrogens is 1. The second-order valence-electron chi connectivity index (χ2n) is 8.66. The van der Waals surface area contributed by atoms with Crippen molar-refractivity contribution in [1.82, 2.24) is 9.88 Å². The minimum Gasteiger partial charge on any atom is -0.459 e. The third kappa shape index (κ3) is 3.81. The van der Waals surface area contributed by atoms with Gasteiger partial charge in [0.2, 0.25) is 0 Å². The number of furan rings is 1. The van der Waals surface area contributed by atoms with Crippen molar-refractivity contribution in [1.29, 1.82) is 5.26 Å². The number of hydrogen-bond acceptors (Lipinski definition) is 6. The number of nitriles is 1. The fraction of sp³-hybridized carbons (Fsp3) is 0.542. The Morgan fingerprint density at radius 1 is 1.13 bits per heavy atom. The Hall–Kier alpha value is -2.85. The molecule has 31 heavy (non-hydrogen) atoms. The normalized spacial score (nSPS) is 19.7. The van der Waals surface area contributed by atoms with E-state index in [9.17, 15) is 10.1 Å². The molecule has 0 bridgehead atoms. The second-order valence-corrected chi connectivity index (χ2v) is 8.66. The highest BCUT2D eigenvalue weighted by Gasteiger charge is 2.31. The van der Waals surface area contributed by atoms with Gasteiger partial charge in [0.25, 0.3) is 5.91 Å². The van der Waals surface area contributed by atoms with Gasteiger partial charge in [-0.3, -0.25) is 4.79 Å². The first-order chi connectivity index (χ1) is 15.3. The lowest BCUT2D eigenvalue weighted by Gasteiger charge is -2.37. The molecule has 7 heteroatoms. The molecule has 0 radical (unpaired) electrons. The molecule has 1 saturated heterocycles. The quantitative estimate of drug-likeness (QED) is 0.754. The summed E-state index contributed by atoms with van der Waals surface area (Å²) in [5.41, 5.74) is 4.14. The van der Waals surface area contributed by atoms with Gasteiger partial charge in [-0.05, 0) is 37.0 Å². The standard InChI is InChI=1S/C24H28N4O3/c25-15-19-18-8-14-30-16-20(18)22(17-5-2-1-3-6-17)26-23(19)27-9-11-28(12-10-27)24(29)21-7-4-13-31-21/h4,7,13,17H,1-3,5-6,8-12,14,16H2. The maximum Gasteiger partial charge on any atom is 0.289 e. The summed E-state index contributed by atoms with van der Waals surface area (Å²) >= 11 is 0. The van der Waals surface area contributed by atoms with Crippen molar-refractivity contribution >= 4 is 11.7 Å². The zero-order valence-electron chi connectivity index (χ0n) is 17.8. The van der Waals surface area contributed by atoms with Crippen LogP contribution in [0.1, 0.15) is 71.0 Å². The van der Waals surface area contributed by atoms with Crippen LogP contribution in [0.4, 0.5) is 5.82 Å². The molecule has 0 aromatic carbocycles. The van der Waals surface area contributed by atoms with Crippen molar-refractivity contribution < 1.29 is 13.9 Å². The summed E-state index contributed by atoms with van der Waals surface area (Å²) in [5, 5.41) is 10.0. The summed E-state index contributed by atoms with van der Waals surface area (Å²) < 4.78 is 11.0. The Balaban J connectivity index is 1.43. The van der Waals surface area contributed by atoms with E-state index >= 15 is 0 Å². The Morgan fingerprint density at radius 3 is 2.65 bits per heavy atom. The molecule has 2 aromatic rings. The van der Waals surface area contributed by atoms with Crippen LogP contribution in [0.15, 0.2) is 22.8 Å². The Labute approximate surface area is 182 Å². The number of carbonyl (C=O) groups excluding carboxylic acids is 1. The molecular formula is C24H28N4O3. The van der Waals surface area contributed by atoms with Crippen molar-refractivity contribution in [3.63, 3.8) is 0 Å². The number of fused-ring (bicyclic) bond motifs is 1. The van der Waals surface area contributed by atoms with Gasteiger partial charge in [-0.1, -0.05) is 19.3 Å². The Kier molecular flexibility index (Phi) is 5.65. The summed E-state index contributed by atoms with van der Waals surface area (Å²) in [4.78, 5) is 21.7. The summed E-state index contributed by atoms with van der Waals surface area (Å²) in [6, 6.07) is 5.89. The predicted octanol–water partition coefficient (Wildman–Crippen LogP) is 3.63. The van der Waals surface area contributed by atoms with E-state index in [1.807, 2.05) is 4.90 Å². The number of rotatable bonds is 3. The average molecular weight is 421 g/mol. The molecule has 0 N–H and O–H groups in total. The van der Waals surface area contributed by atoms with E-state index in [1.165, 1.54) is 25.5 Å². The number of nitrogens with zero attached hydrogens (tertiary/aromatic N) is 4. The molecule has 1 saturated carbocycles. The van der Waals surface area contributed by atoms with E-state index in [0.717, 1.165) is 41.9 Å². The molecule has 0 atom stereocenters. The lowest BCUT2D eigenvalue weighted by molar-refractivity contribution is 0.0714. The predicted molar refractivity (Wildman–Crippen MR) is 115 cm³/mol. The highest BCUT2D eigenvalue weighted by atomic mass is 16.5. The number of hydrogen-bond donors (Lipinski definition) is 0. The van der Waals surface area contributed by atoms with Crippen LogP contribution in [-0.4, -0.2) is 48.6 Å². The van der Waals surface area contributed by atoms with Crippen molar-refractivity contribution in [2.75, 3.05) is 37.7 Å². The largest absolute Gasteiger partial charge is 0.459 e. The fourth-order valence-electron chi connectivity index (χ4n) is 5.20. The zero-order valence-corrected chi connectivity index (χ0v) is 17.8. The topological polar surface area (TPSA) is 82.6 Å². The molecule has 4 heterocycles. The SMILES string of the molecule is N#Cc1c(N2CCN(C(=O)c3ccco3)CC2)nc(C2CCCCC2)c2c1CCOC2. The fourth-order valence-corrected chi connectivity index (χ4v) is 5.20. The van der Waals surface area contributed by atoms with Gasteiger partial charge in [0, 0.05) is 37.7 Å². The van der Waals surface area contributed by atoms with E-state index in [4.69, 9.17) is 14.1 Å². The van der Waals surface area contributed by atoms with Crippen LogP contribution in [0.5, 0.6) is 0 Å². The van der Waals surface area contributed by atoms with Crippen LogP contribution in [-0.2, 0) is 17.8 Å². The Bertz CT molecular complexity index is 981. The van der Waals surface area contributed by atoms with Crippen LogP contribution in [0.2, 0.25) is 0 Å². The number of anilines is 1. The molecular weight excluding hydrogens is 392 g/mol. The lowest BCUT2D eigenvalue weighted by atomic mass is 9.82. The number of piperazine rings is 1. The first kappa shape index (κ1) is 20.1. The number of carbonyl (C=O) groups is 1. The minimum absolute atomic E-state index is 0.0800. The molecule has 0 unspecified atom stereocenters. The van der Waals surface area contributed by atoms with Gasteiger partial charge in [-0.25, -0.2) is 4.98 Å². The minimum atomic E-state index is -0.0800. The first-order valence-corrected chi connectivity index (χ1v) is 11.4. The summed E-state index contributed by atoms with van der Waals surface area (Å²) in [5.74, 6) is 1.55.